The predicted octanol–water partition coefficient (Wildman–Crippen LogP) is 25.7. The quantitative estimate of drug-likeness (QED) is 0.159. The lowest BCUT2D eigenvalue weighted by atomic mass is 9.72. The van der Waals surface area contributed by atoms with Crippen molar-refractivity contribution in [2.24, 2.45) is 0 Å². The second kappa shape index (κ2) is 19.0. The third kappa shape index (κ3) is 7.08. The molecule has 20 rings (SSSR count). The van der Waals surface area contributed by atoms with E-state index in [0.29, 0.717) is 0 Å². The molecule has 3 heterocycles. The molecular weight excluding hydrogens is 1170 g/mol. The molecule has 0 saturated heterocycles. The summed E-state index contributed by atoms with van der Waals surface area (Å²) >= 11 is 0. The Bertz CT molecular complexity index is 6180. The second-order valence-electron chi connectivity index (χ2n) is 29.9. The van der Waals surface area contributed by atoms with Crippen molar-refractivity contribution in [1.82, 2.24) is 0 Å². The lowest BCUT2D eigenvalue weighted by molar-refractivity contribution is 0.600. The van der Waals surface area contributed by atoms with Crippen molar-refractivity contribution in [3.63, 3.8) is 0 Å². The van der Waals surface area contributed by atoms with Gasteiger partial charge in [-0.1, -0.05) is 221 Å². The van der Waals surface area contributed by atoms with E-state index in [4.69, 9.17) is 13.3 Å². The first-order valence-corrected chi connectivity index (χ1v) is 34.5. The smallest absolute Gasteiger partial charge is 0.144 e. The van der Waals surface area contributed by atoms with Gasteiger partial charge < -0.3 is 18.2 Å². The first kappa shape index (κ1) is 55.7. The molecule has 462 valence electrons. The molecule has 0 atom stereocenters. The average molecular weight is 1240 g/mol. The van der Waals surface area contributed by atoms with Crippen molar-refractivity contribution >= 4 is 93.7 Å². The summed E-state index contributed by atoms with van der Waals surface area (Å²) in [5.41, 5.74) is 36.3. The topological polar surface area (TPSA) is 42.7 Å². The van der Waals surface area contributed by atoms with Gasteiger partial charge in [-0.2, -0.15) is 0 Å². The van der Waals surface area contributed by atoms with Crippen molar-refractivity contribution in [2.45, 2.75) is 104 Å². The summed E-state index contributed by atoms with van der Waals surface area (Å²) in [6.07, 6.45) is 1.75. The molecule has 0 unspecified atom stereocenters. The van der Waals surface area contributed by atoms with Crippen molar-refractivity contribution in [1.29, 1.82) is 0 Å². The van der Waals surface area contributed by atoms with E-state index in [2.05, 4.69) is 299 Å². The molecule has 4 aliphatic rings. The van der Waals surface area contributed by atoms with Crippen LogP contribution in [0, 0.1) is 0 Å². The van der Waals surface area contributed by atoms with E-state index in [1.165, 1.54) is 149 Å². The molecule has 13 aromatic carbocycles. The van der Waals surface area contributed by atoms with Crippen LogP contribution in [0.1, 0.15) is 125 Å². The Balaban J connectivity index is 0.801. The van der Waals surface area contributed by atoms with Gasteiger partial charge >= 0.3 is 0 Å². The molecule has 3 aromatic heterocycles. The first-order chi connectivity index (χ1) is 46.6. The lowest BCUT2D eigenvalue weighted by Gasteiger charge is -2.32. The summed E-state index contributed by atoms with van der Waals surface area (Å²) in [4.78, 5) is 2.57. The van der Waals surface area contributed by atoms with Crippen molar-refractivity contribution in [2.75, 3.05) is 4.90 Å². The zero-order valence-electron chi connectivity index (χ0n) is 55.9. The maximum atomic E-state index is 7.13. The number of nitrogens with zero attached hydrogens (tertiary/aromatic N) is 1. The van der Waals surface area contributed by atoms with Crippen LogP contribution in [-0.4, -0.2) is 0 Å². The van der Waals surface area contributed by atoms with Crippen molar-refractivity contribution < 1.29 is 13.3 Å². The van der Waals surface area contributed by atoms with E-state index in [9.17, 15) is 0 Å². The van der Waals surface area contributed by atoms with Gasteiger partial charge in [-0.15, -0.1) is 0 Å². The van der Waals surface area contributed by atoms with Gasteiger partial charge in [0.2, 0.25) is 0 Å². The molecule has 96 heavy (non-hydrogen) atoms. The van der Waals surface area contributed by atoms with Crippen LogP contribution in [0.3, 0.4) is 0 Å². The number of anilines is 3. The van der Waals surface area contributed by atoms with Gasteiger partial charge in [-0.25, -0.2) is 0 Å². The van der Waals surface area contributed by atoms with Crippen LogP contribution in [0.15, 0.2) is 238 Å². The van der Waals surface area contributed by atoms with Crippen LogP contribution >= 0.6 is 0 Å². The molecule has 0 aliphatic heterocycles. The Morgan fingerprint density at radius 1 is 0.281 bits per heavy atom. The zero-order chi connectivity index (χ0) is 64.8. The van der Waals surface area contributed by atoms with Gasteiger partial charge in [0.15, 0.2) is 0 Å². The van der Waals surface area contributed by atoms with Crippen LogP contribution in [0.25, 0.3) is 143 Å². The van der Waals surface area contributed by atoms with E-state index in [0.717, 1.165) is 79.7 Å². The minimum Gasteiger partial charge on any atom is -0.456 e. The van der Waals surface area contributed by atoms with E-state index in [1.54, 1.807) is 0 Å². The van der Waals surface area contributed by atoms with E-state index >= 15 is 0 Å². The highest BCUT2D eigenvalue weighted by molar-refractivity contribution is 6.23. The lowest BCUT2D eigenvalue weighted by Crippen LogP contribution is -2.24. The fourth-order valence-corrected chi connectivity index (χ4v) is 18.9. The van der Waals surface area contributed by atoms with Crippen LogP contribution in [-0.2, 0) is 34.5 Å². The number of para-hydroxylation sites is 3. The molecule has 4 nitrogen and oxygen atoms in total. The highest BCUT2D eigenvalue weighted by Gasteiger charge is 2.49. The Kier molecular flexibility index (Phi) is 11.1. The molecule has 0 spiro atoms. The molecule has 0 amide bonds. The van der Waals surface area contributed by atoms with E-state index < -0.39 is 10.8 Å². The first-order valence-electron chi connectivity index (χ1n) is 34.5. The molecule has 4 heteroatoms. The second-order valence-corrected chi connectivity index (χ2v) is 29.9. The maximum Gasteiger partial charge on any atom is 0.144 e. The average Bonchev–Trinajstić information content (AvgIpc) is 1.50. The summed E-state index contributed by atoms with van der Waals surface area (Å²) in [5.74, 6) is 0. The minimum atomic E-state index is -0.393. The van der Waals surface area contributed by atoms with E-state index in [-0.39, 0.29) is 10.8 Å². The number of aryl methyl sites for hydroxylation is 2. The van der Waals surface area contributed by atoms with Gasteiger partial charge in [0, 0.05) is 82.2 Å². The van der Waals surface area contributed by atoms with Gasteiger partial charge in [-0.3, -0.25) is 0 Å². The van der Waals surface area contributed by atoms with Crippen molar-refractivity contribution in [3.8, 4) is 66.8 Å². The Morgan fingerprint density at radius 3 is 1.47 bits per heavy atom. The standard InChI is InChI=1S/C92H71NO3/c1-11-50-44-53(36-39-57(50)65-48-72-67(45-51(65)12-2)79-69(89(72,3)4)42-43-77-80(79)62-28-16-20-33-74(62)94-77)93(55-38-41-61-71(47-55)92(9,10)85-81(61)83-64-30-18-22-35-76(64)96-88(83)84-59-27-15-19-32-68(59)91(7,8)86(84)85)54-37-40-60-70(46-54)90(5,6)73-49-66(58-31-23-25-52-24-13-14-26-56(52)58)87-82(78(60)73)63-29-17-21-34-75(63)95-87/h13-49H,11-12H2,1-10H3. The fraction of sp³-hybridized carbons (Fsp3) is 0.174. The van der Waals surface area contributed by atoms with Crippen LogP contribution in [0.4, 0.5) is 17.1 Å². The van der Waals surface area contributed by atoms with Gasteiger partial charge in [0.1, 0.15) is 33.5 Å². The summed E-state index contributed by atoms with van der Waals surface area (Å²) in [6, 6.07) is 84.5. The van der Waals surface area contributed by atoms with Crippen LogP contribution in [0.5, 0.6) is 0 Å². The number of hydrogen-bond donors (Lipinski definition) is 0. The summed E-state index contributed by atoms with van der Waals surface area (Å²) in [6.45, 7) is 24.2. The molecule has 16 aromatic rings. The molecule has 0 fully saturated rings. The minimum absolute atomic E-state index is 0.229. The highest BCUT2D eigenvalue weighted by Crippen LogP contribution is 2.65. The number of benzene rings is 13. The maximum absolute atomic E-state index is 7.13. The number of hydrogen-bond acceptors (Lipinski definition) is 4. The molecular formula is C92H71NO3. The fourth-order valence-electron chi connectivity index (χ4n) is 18.9. The highest BCUT2D eigenvalue weighted by atomic mass is 16.3. The molecule has 0 radical (unpaired) electrons. The number of furan rings is 3. The van der Waals surface area contributed by atoms with Crippen molar-refractivity contribution in [3.05, 3.63) is 280 Å². The zero-order valence-corrected chi connectivity index (χ0v) is 55.9. The molecule has 0 saturated carbocycles. The third-order valence-electron chi connectivity index (χ3n) is 23.6. The monoisotopic (exact) mass is 1240 g/mol. The SMILES string of the molecule is CCc1cc(N(c2ccc3c(c2)C(C)(C)c2cc(-c4cccc5ccccc45)c4oc5ccccc5c4c2-3)c2ccc3c(c2)C(C)(C)c2c4c(c5oc6ccccc6c5c2-3)-c2ccccc2C4(C)C)ccc1-c1cc2c(cc1CC)-c1c(ccc3oc4ccccc4c13)C2(C)C. The number of rotatable bonds is 7. The van der Waals surface area contributed by atoms with Crippen LogP contribution in [0.2, 0.25) is 0 Å². The summed E-state index contributed by atoms with van der Waals surface area (Å²) in [5, 5.41) is 9.51. The largest absolute Gasteiger partial charge is 0.456 e. The van der Waals surface area contributed by atoms with Gasteiger partial charge in [0.05, 0.1) is 0 Å². The van der Waals surface area contributed by atoms with Gasteiger partial charge in [-0.05, 0) is 208 Å². The van der Waals surface area contributed by atoms with E-state index in [1.807, 2.05) is 0 Å². The molecule has 0 bridgehead atoms. The number of fused-ring (bicyclic) bond motifs is 27. The van der Waals surface area contributed by atoms with Gasteiger partial charge in [0.25, 0.3) is 0 Å². The van der Waals surface area contributed by atoms with Crippen LogP contribution < -0.4 is 4.90 Å². The third-order valence-corrected chi connectivity index (χ3v) is 23.6. The predicted molar refractivity (Wildman–Crippen MR) is 400 cm³/mol. The Labute approximate surface area is 559 Å². The normalized spacial score (nSPS) is 15.4. The summed E-state index contributed by atoms with van der Waals surface area (Å²) < 4.78 is 20.7. The summed E-state index contributed by atoms with van der Waals surface area (Å²) in [7, 11) is 0. The molecule has 0 N–H and O–H groups in total. The Hall–Kier alpha value is -10.7. The Morgan fingerprint density at radius 2 is 0.760 bits per heavy atom. The molecule has 4 aliphatic carbocycles.